The Hall–Kier alpha value is -1.28. The van der Waals surface area contributed by atoms with Crippen LogP contribution in [0.4, 0.5) is 0 Å². The number of hydrogen-bond donors (Lipinski definition) is 0. The average molecular weight is 491 g/mol. The second kappa shape index (κ2) is 9.40. The molecule has 0 bridgehead atoms. The summed E-state index contributed by atoms with van der Waals surface area (Å²) in [5, 5.41) is 3.45. The molecule has 0 aliphatic carbocycles. The molecule has 182 valence electrons. The summed E-state index contributed by atoms with van der Waals surface area (Å²) in [4.78, 5) is 7.99. The third-order valence-corrected chi connectivity index (χ3v) is 9.97. The Balaban J connectivity index is 1.51. The molecule has 3 heterocycles. The lowest BCUT2D eigenvalue weighted by molar-refractivity contribution is -0.00857. The molecule has 4 rings (SSSR count). The molecule has 2 fully saturated rings. The number of nitrogens with zero attached hydrogens (tertiary/aromatic N) is 2. The lowest BCUT2D eigenvalue weighted by Crippen LogP contribution is -2.44. The summed E-state index contributed by atoms with van der Waals surface area (Å²) in [7, 11) is -3.16. The molecule has 1 unspecified atom stereocenters. The van der Waals surface area contributed by atoms with E-state index in [0.29, 0.717) is 16.9 Å². The van der Waals surface area contributed by atoms with Crippen molar-refractivity contribution in [2.75, 3.05) is 26.0 Å². The monoisotopic (exact) mass is 490 g/mol. The van der Waals surface area contributed by atoms with Crippen molar-refractivity contribution in [3.8, 4) is 0 Å². The lowest BCUT2D eigenvalue weighted by atomic mass is 9.75. The summed E-state index contributed by atoms with van der Waals surface area (Å²) >= 11 is 1.77. The number of thiazole rings is 1. The fourth-order valence-electron chi connectivity index (χ4n) is 5.35. The minimum atomic E-state index is -3.16. The Bertz CT molecular complexity index is 1050. The van der Waals surface area contributed by atoms with E-state index in [9.17, 15) is 8.42 Å². The van der Waals surface area contributed by atoms with Crippen LogP contribution >= 0.6 is 11.3 Å². The molecule has 1 aromatic heterocycles. The fraction of sp³-hybridized carbons (Fsp3) is 0.654. The maximum absolute atomic E-state index is 11.8. The maximum Gasteiger partial charge on any atom is 0.175 e. The quantitative estimate of drug-likeness (QED) is 0.495. The Labute approximate surface area is 203 Å². The van der Waals surface area contributed by atoms with Gasteiger partial charge in [-0.2, -0.15) is 0 Å². The Morgan fingerprint density at radius 1 is 1.27 bits per heavy atom. The first kappa shape index (κ1) is 24.8. The normalized spacial score (nSPS) is 24.7. The zero-order chi connectivity index (χ0) is 23.9. The molecule has 2 atom stereocenters. The number of benzene rings is 1. The standard InChI is InChI=1S/C26H38N2O3S2/c1-19(2)24-27-22(17-32-24)25(3,4)28-15-14-26(18-28,23-7-6-16-31-23)13-12-20-8-10-21(11-9-20)33(5,29)30/h8-11,17,19,23H,6-7,12-16,18H2,1-5H3/t23?,26-/m1/s1. The van der Waals surface area contributed by atoms with E-state index in [2.05, 4.69) is 38.0 Å². The number of aryl methyl sites for hydroxylation is 1. The number of likely N-dealkylation sites (tertiary alicyclic amines) is 1. The van der Waals surface area contributed by atoms with E-state index in [0.717, 1.165) is 51.8 Å². The van der Waals surface area contributed by atoms with E-state index in [1.54, 1.807) is 23.5 Å². The molecular weight excluding hydrogens is 452 g/mol. The van der Waals surface area contributed by atoms with Gasteiger partial charge in [-0.1, -0.05) is 26.0 Å². The zero-order valence-corrected chi connectivity index (χ0v) is 22.3. The van der Waals surface area contributed by atoms with E-state index in [-0.39, 0.29) is 11.0 Å². The van der Waals surface area contributed by atoms with Crippen molar-refractivity contribution in [3.63, 3.8) is 0 Å². The number of rotatable bonds is 8. The van der Waals surface area contributed by atoms with Gasteiger partial charge in [-0.25, -0.2) is 13.4 Å². The third kappa shape index (κ3) is 5.21. The fourth-order valence-corrected chi connectivity index (χ4v) is 6.98. The van der Waals surface area contributed by atoms with Crippen molar-refractivity contribution in [2.24, 2.45) is 5.41 Å². The molecule has 1 aromatic carbocycles. The minimum Gasteiger partial charge on any atom is -0.378 e. The van der Waals surface area contributed by atoms with Crippen molar-refractivity contribution in [1.29, 1.82) is 0 Å². The predicted octanol–water partition coefficient (Wildman–Crippen LogP) is 5.41. The largest absolute Gasteiger partial charge is 0.378 e. The number of aromatic nitrogens is 1. The van der Waals surface area contributed by atoms with Crippen molar-refractivity contribution in [2.45, 2.75) is 82.3 Å². The van der Waals surface area contributed by atoms with Crippen LogP contribution in [0.2, 0.25) is 0 Å². The van der Waals surface area contributed by atoms with Gasteiger partial charge in [0.15, 0.2) is 9.84 Å². The molecule has 0 radical (unpaired) electrons. The molecule has 33 heavy (non-hydrogen) atoms. The van der Waals surface area contributed by atoms with Gasteiger partial charge in [0, 0.05) is 36.1 Å². The topological polar surface area (TPSA) is 59.5 Å². The van der Waals surface area contributed by atoms with Crippen LogP contribution in [-0.4, -0.2) is 50.4 Å². The first-order valence-electron chi connectivity index (χ1n) is 12.1. The van der Waals surface area contributed by atoms with E-state index >= 15 is 0 Å². The van der Waals surface area contributed by atoms with Crippen LogP contribution in [0.3, 0.4) is 0 Å². The first-order chi connectivity index (χ1) is 15.5. The van der Waals surface area contributed by atoms with Crippen molar-refractivity contribution in [1.82, 2.24) is 9.88 Å². The highest BCUT2D eigenvalue weighted by Gasteiger charge is 2.49. The number of sulfone groups is 1. The van der Waals surface area contributed by atoms with Gasteiger partial charge in [-0.05, 0) is 70.2 Å². The summed E-state index contributed by atoms with van der Waals surface area (Å²) in [5.41, 5.74) is 2.38. The van der Waals surface area contributed by atoms with Crippen molar-refractivity contribution in [3.05, 3.63) is 45.9 Å². The highest BCUT2D eigenvalue weighted by atomic mass is 32.2. The van der Waals surface area contributed by atoms with Crippen molar-refractivity contribution >= 4 is 21.2 Å². The molecule has 2 aliphatic rings. The van der Waals surface area contributed by atoms with Crippen LogP contribution in [0.5, 0.6) is 0 Å². The summed E-state index contributed by atoms with van der Waals surface area (Å²) in [5.74, 6) is 0.457. The number of hydrogen-bond acceptors (Lipinski definition) is 6. The van der Waals surface area contributed by atoms with E-state index < -0.39 is 9.84 Å². The Kier molecular flexibility index (Phi) is 7.08. The van der Waals surface area contributed by atoms with E-state index in [4.69, 9.17) is 9.72 Å². The van der Waals surface area contributed by atoms with Gasteiger partial charge in [0.1, 0.15) is 0 Å². The summed E-state index contributed by atoms with van der Waals surface area (Å²) < 4.78 is 29.9. The second-order valence-electron chi connectivity index (χ2n) is 10.7. The number of ether oxygens (including phenoxy) is 1. The predicted molar refractivity (Wildman–Crippen MR) is 135 cm³/mol. The van der Waals surface area contributed by atoms with Crippen LogP contribution in [0.15, 0.2) is 34.5 Å². The maximum atomic E-state index is 11.8. The van der Waals surface area contributed by atoms with Gasteiger partial charge >= 0.3 is 0 Å². The molecule has 2 saturated heterocycles. The Morgan fingerprint density at radius 2 is 2.00 bits per heavy atom. The van der Waals surface area contributed by atoms with Gasteiger partial charge in [0.05, 0.1) is 27.2 Å². The van der Waals surface area contributed by atoms with E-state index in [1.807, 2.05) is 12.1 Å². The highest BCUT2D eigenvalue weighted by Crippen LogP contribution is 2.47. The molecule has 2 aliphatic heterocycles. The van der Waals surface area contributed by atoms with E-state index in [1.165, 1.54) is 22.5 Å². The molecule has 0 saturated carbocycles. The SMILES string of the molecule is CC(C)c1nc(C(C)(C)N2CC[C@@](CCc3ccc(S(C)(=O)=O)cc3)(C3CCCO3)C2)cs1. The van der Waals surface area contributed by atoms with Gasteiger partial charge in [0.2, 0.25) is 0 Å². The van der Waals surface area contributed by atoms with Gasteiger partial charge in [-0.15, -0.1) is 11.3 Å². The first-order valence-corrected chi connectivity index (χ1v) is 14.9. The molecule has 2 aromatic rings. The third-order valence-electron chi connectivity index (χ3n) is 7.69. The molecular formula is C26H38N2O3S2. The van der Waals surface area contributed by atoms with Crippen LogP contribution in [0.1, 0.15) is 75.6 Å². The van der Waals surface area contributed by atoms with Gasteiger partial charge in [-0.3, -0.25) is 4.90 Å². The minimum absolute atomic E-state index is 0.110. The molecule has 0 N–H and O–H groups in total. The molecule has 0 amide bonds. The van der Waals surface area contributed by atoms with Crippen LogP contribution in [0.25, 0.3) is 0 Å². The summed E-state index contributed by atoms with van der Waals surface area (Å²) in [6.07, 6.45) is 6.95. The lowest BCUT2D eigenvalue weighted by Gasteiger charge is -2.39. The molecule has 0 spiro atoms. The zero-order valence-electron chi connectivity index (χ0n) is 20.6. The highest BCUT2D eigenvalue weighted by molar-refractivity contribution is 7.90. The average Bonchev–Trinajstić information content (AvgIpc) is 3.53. The van der Waals surface area contributed by atoms with Gasteiger partial charge < -0.3 is 4.74 Å². The van der Waals surface area contributed by atoms with Crippen LogP contribution in [0, 0.1) is 5.41 Å². The smallest absolute Gasteiger partial charge is 0.175 e. The van der Waals surface area contributed by atoms with Gasteiger partial charge in [0.25, 0.3) is 0 Å². The van der Waals surface area contributed by atoms with Crippen LogP contribution in [-0.2, 0) is 26.5 Å². The van der Waals surface area contributed by atoms with Crippen molar-refractivity contribution < 1.29 is 13.2 Å². The summed E-state index contributed by atoms with van der Waals surface area (Å²) in [6.45, 7) is 12.0. The van der Waals surface area contributed by atoms with Crippen LogP contribution < -0.4 is 0 Å². The Morgan fingerprint density at radius 3 is 2.58 bits per heavy atom. The second-order valence-corrected chi connectivity index (χ2v) is 13.6. The molecule has 7 heteroatoms. The molecule has 5 nitrogen and oxygen atoms in total. The summed E-state index contributed by atoms with van der Waals surface area (Å²) in [6, 6.07) is 7.42.